The average Bonchev–Trinajstić information content (AvgIpc) is 2.41. The fraction of sp³-hybridized carbons (Fsp3) is 0.0667. The molecular weight excluding hydrogens is 212 g/mol. The van der Waals surface area contributed by atoms with Crippen molar-refractivity contribution in [2.45, 2.75) is 5.41 Å². The molecule has 3 rings (SSSR count). The third-order valence-electron chi connectivity index (χ3n) is 3.33. The number of aldehydes is 2. The molecule has 2 aromatic carbocycles. The highest BCUT2D eigenvalue weighted by Crippen LogP contribution is 2.36. The third kappa shape index (κ3) is 1.21. The first-order valence-electron chi connectivity index (χ1n) is 5.45. The van der Waals surface area contributed by atoms with Gasteiger partial charge in [-0.25, -0.2) is 0 Å². The van der Waals surface area contributed by atoms with E-state index in [0.29, 0.717) is 12.6 Å². The summed E-state index contributed by atoms with van der Waals surface area (Å²) in [5.41, 5.74) is 0.712. The Kier molecular flexibility index (Phi) is 1.99. The predicted molar refractivity (Wildman–Crippen MR) is 66.8 cm³/mol. The molecule has 0 saturated heterocycles. The van der Waals surface area contributed by atoms with E-state index in [1.165, 1.54) is 0 Å². The first kappa shape index (κ1) is 9.97. The zero-order chi connectivity index (χ0) is 11.9. The Morgan fingerprint density at radius 2 is 1.65 bits per heavy atom. The highest BCUT2D eigenvalue weighted by Gasteiger charge is 2.33. The molecule has 0 radical (unpaired) electrons. The molecule has 2 nitrogen and oxygen atoms in total. The smallest absolute Gasteiger partial charge is 0.141 e. The van der Waals surface area contributed by atoms with Gasteiger partial charge in [0.05, 0.1) is 0 Å². The molecule has 0 N–H and O–H groups in total. The Balaban J connectivity index is 2.49. The lowest BCUT2D eigenvalue weighted by Gasteiger charge is -2.24. The molecule has 0 atom stereocenters. The van der Waals surface area contributed by atoms with Crippen LogP contribution in [0.3, 0.4) is 0 Å². The number of allylic oxidation sites excluding steroid dienone is 1. The van der Waals surface area contributed by atoms with Crippen molar-refractivity contribution in [2.24, 2.45) is 0 Å². The van der Waals surface area contributed by atoms with Crippen LogP contribution in [0.2, 0.25) is 0 Å². The molecule has 0 fully saturated rings. The first-order chi connectivity index (χ1) is 8.30. The van der Waals surface area contributed by atoms with Crippen molar-refractivity contribution >= 4 is 29.4 Å². The first-order valence-corrected chi connectivity index (χ1v) is 5.45. The van der Waals surface area contributed by atoms with Crippen LogP contribution < -0.4 is 0 Å². The number of rotatable bonds is 2. The predicted octanol–water partition coefficient (Wildman–Crippen LogP) is 2.50. The normalized spacial score (nSPS) is 15.8. The van der Waals surface area contributed by atoms with E-state index in [9.17, 15) is 9.59 Å². The zero-order valence-electron chi connectivity index (χ0n) is 9.09. The summed E-state index contributed by atoms with van der Waals surface area (Å²) < 4.78 is 0. The Morgan fingerprint density at radius 3 is 2.35 bits per heavy atom. The summed E-state index contributed by atoms with van der Waals surface area (Å²) in [4.78, 5) is 22.6. The molecule has 0 unspecified atom stereocenters. The molecule has 1 aliphatic rings. The van der Waals surface area contributed by atoms with Crippen molar-refractivity contribution in [3.63, 3.8) is 0 Å². The van der Waals surface area contributed by atoms with E-state index in [-0.39, 0.29) is 0 Å². The summed E-state index contributed by atoms with van der Waals surface area (Å²) in [6.45, 7) is 0. The Hall–Kier alpha value is -2.22. The van der Waals surface area contributed by atoms with Crippen molar-refractivity contribution in [3.05, 3.63) is 53.6 Å². The van der Waals surface area contributed by atoms with Gasteiger partial charge in [0.2, 0.25) is 0 Å². The second kappa shape index (κ2) is 3.39. The van der Waals surface area contributed by atoms with Crippen molar-refractivity contribution in [3.8, 4) is 0 Å². The summed E-state index contributed by atoms with van der Waals surface area (Å²) in [7, 11) is 0. The van der Waals surface area contributed by atoms with Crippen molar-refractivity contribution in [1.82, 2.24) is 0 Å². The van der Waals surface area contributed by atoms with Gasteiger partial charge >= 0.3 is 0 Å². The van der Waals surface area contributed by atoms with Crippen molar-refractivity contribution < 1.29 is 9.59 Å². The number of carbonyl (C=O) groups excluding carboxylic acids is 2. The summed E-state index contributed by atoms with van der Waals surface area (Å²) in [6.07, 6.45) is 4.94. The van der Waals surface area contributed by atoms with Crippen LogP contribution in [0, 0.1) is 0 Å². The molecule has 0 heterocycles. The molecule has 0 saturated carbocycles. The molecule has 0 aromatic heterocycles. The molecular formula is C15H10O2. The third-order valence-corrected chi connectivity index (χ3v) is 3.33. The van der Waals surface area contributed by atoms with Crippen LogP contribution >= 0.6 is 0 Å². The van der Waals surface area contributed by atoms with Crippen LogP contribution in [0.15, 0.2) is 42.5 Å². The largest absolute Gasteiger partial charge is 0.302 e. The van der Waals surface area contributed by atoms with Crippen LogP contribution in [0.25, 0.3) is 16.8 Å². The Bertz CT molecular complexity index is 640. The zero-order valence-corrected chi connectivity index (χ0v) is 9.09. The molecule has 2 heteroatoms. The second-order valence-electron chi connectivity index (χ2n) is 4.25. The van der Waals surface area contributed by atoms with Gasteiger partial charge in [0, 0.05) is 0 Å². The maximum atomic E-state index is 11.3. The van der Waals surface area contributed by atoms with Gasteiger partial charge in [-0.05, 0) is 21.9 Å². The van der Waals surface area contributed by atoms with E-state index in [4.69, 9.17) is 0 Å². The van der Waals surface area contributed by atoms with E-state index < -0.39 is 5.41 Å². The highest BCUT2D eigenvalue weighted by atomic mass is 16.1. The van der Waals surface area contributed by atoms with Gasteiger partial charge in [0.25, 0.3) is 0 Å². The van der Waals surface area contributed by atoms with E-state index >= 15 is 0 Å². The van der Waals surface area contributed by atoms with Gasteiger partial charge in [0.15, 0.2) is 0 Å². The molecule has 17 heavy (non-hydrogen) atoms. The molecule has 82 valence electrons. The lowest BCUT2D eigenvalue weighted by molar-refractivity contribution is -0.119. The minimum absolute atomic E-state index is 0.710. The highest BCUT2D eigenvalue weighted by molar-refractivity contribution is 6.07. The minimum Gasteiger partial charge on any atom is -0.302 e. The summed E-state index contributed by atoms with van der Waals surface area (Å²) in [5.74, 6) is 0. The molecule has 0 bridgehead atoms. The van der Waals surface area contributed by atoms with Crippen LogP contribution in [-0.4, -0.2) is 12.6 Å². The fourth-order valence-corrected chi connectivity index (χ4v) is 2.42. The molecule has 0 aliphatic heterocycles. The number of hydrogen-bond donors (Lipinski definition) is 0. The molecule has 1 aliphatic carbocycles. The SMILES string of the molecule is O=CC1(C=O)C=Cc2cccc3cccc1c23. The van der Waals surface area contributed by atoms with Gasteiger partial charge in [0.1, 0.15) is 18.0 Å². The lowest BCUT2D eigenvalue weighted by Crippen LogP contribution is -2.29. The number of benzene rings is 2. The molecule has 0 spiro atoms. The van der Waals surface area contributed by atoms with Gasteiger partial charge in [-0.3, -0.25) is 0 Å². The van der Waals surface area contributed by atoms with Gasteiger partial charge < -0.3 is 9.59 Å². The van der Waals surface area contributed by atoms with E-state index in [1.807, 2.05) is 42.5 Å². The van der Waals surface area contributed by atoms with E-state index in [1.54, 1.807) is 6.08 Å². The van der Waals surface area contributed by atoms with Crippen molar-refractivity contribution in [1.29, 1.82) is 0 Å². The Morgan fingerprint density at radius 1 is 0.941 bits per heavy atom. The van der Waals surface area contributed by atoms with Crippen LogP contribution in [0.1, 0.15) is 11.1 Å². The minimum atomic E-state index is -1.12. The average molecular weight is 222 g/mol. The van der Waals surface area contributed by atoms with Crippen LogP contribution in [0.4, 0.5) is 0 Å². The second-order valence-corrected chi connectivity index (χ2v) is 4.25. The Labute approximate surface area is 98.6 Å². The maximum absolute atomic E-state index is 11.3. The van der Waals surface area contributed by atoms with Gasteiger partial charge in [-0.15, -0.1) is 0 Å². The number of carbonyl (C=O) groups is 2. The summed E-state index contributed by atoms with van der Waals surface area (Å²) >= 11 is 0. The summed E-state index contributed by atoms with van der Waals surface area (Å²) in [6, 6.07) is 11.7. The lowest BCUT2D eigenvalue weighted by atomic mass is 9.76. The monoisotopic (exact) mass is 222 g/mol. The van der Waals surface area contributed by atoms with Crippen molar-refractivity contribution in [2.75, 3.05) is 0 Å². The van der Waals surface area contributed by atoms with Gasteiger partial charge in [-0.1, -0.05) is 48.6 Å². The van der Waals surface area contributed by atoms with Gasteiger partial charge in [-0.2, -0.15) is 0 Å². The topological polar surface area (TPSA) is 34.1 Å². The number of hydrogen-bond acceptors (Lipinski definition) is 2. The maximum Gasteiger partial charge on any atom is 0.141 e. The standard InChI is InChI=1S/C15H10O2/c16-9-15(10-17)8-7-12-4-1-3-11-5-2-6-13(15)14(11)12/h1-10H. The van der Waals surface area contributed by atoms with Crippen LogP contribution in [-0.2, 0) is 15.0 Å². The van der Waals surface area contributed by atoms with Crippen LogP contribution in [0.5, 0.6) is 0 Å². The van der Waals surface area contributed by atoms with E-state index in [2.05, 4.69) is 0 Å². The molecule has 0 amide bonds. The fourth-order valence-electron chi connectivity index (χ4n) is 2.42. The summed E-state index contributed by atoms with van der Waals surface area (Å²) in [5, 5.41) is 2.05. The quantitative estimate of drug-likeness (QED) is 0.578. The molecule has 2 aromatic rings. The van der Waals surface area contributed by atoms with E-state index in [0.717, 1.165) is 21.9 Å².